The number of esters is 1. The number of alkyl halides is 12. The van der Waals surface area contributed by atoms with Crippen molar-refractivity contribution in [2.75, 3.05) is 36.2 Å². The zero-order valence-electron chi connectivity index (χ0n) is 82.3. The highest BCUT2D eigenvalue weighted by Gasteiger charge is 2.56. The number of rotatable bonds is 30. The Morgan fingerprint density at radius 2 is 0.708 bits per heavy atom. The summed E-state index contributed by atoms with van der Waals surface area (Å²) >= 11 is 0. The maximum atomic E-state index is 13.3. The average molecular weight is 2110 g/mol. The molecule has 776 valence electrons. The first-order chi connectivity index (χ1) is 68.8. The van der Waals surface area contributed by atoms with Crippen LogP contribution in [0.25, 0.3) is 10.8 Å². The van der Waals surface area contributed by atoms with E-state index in [1.54, 1.807) is 4.90 Å². The fraction of sp³-hybridized carbons (Fsp3) is 0.444. The van der Waals surface area contributed by atoms with Crippen LogP contribution < -0.4 is 4.74 Å². The lowest BCUT2D eigenvalue weighted by atomic mass is 9.49. The second kappa shape index (κ2) is 54.0. The monoisotopic (exact) mass is 2100 g/mol. The molecule has 0 spiro atoms. The van der Waals surface area contributed by atoms with Gasteiger partial charge in [0.25, 0.3) is 17.8 Å². The average Bonchev–Trinajstić information content (AvgIpc) is 0.934. The third kappa shape index (κ3) is 36.4. The van der Waals surface area contributed by atoms with Crippen molar-refractivity contribution in [2.24, 2.45) is 46.3 Å². The van der Waals surface area contributed by atoms with Gasteiger partial charge in [0.15, 0.2) is 49.0 Å². The van der Waals surface area contributed by atoms with Crippen molar-refractivity contribution in [3.05, 3.63) is 309 Å². The maximum Gasteiger partial charge on any atom is 0.394 e. The Morgan fingerprint density at radius 3 is 1.03 bits per heavy atom. The van der Waals surface area contributed by atoms with Crippen molar-refractivity contribution in [1.29, 1.82) is 0 Å². The summed E-state index contributed by atoms with van der Waals surface area (Å²) in [6, 6.07) is 109. The first-order valence-corrected chi connectivity index (χ1v) is 59.0. The minimum atomic E-state index is -4.95. The number of benzene rings is 11. The predicted octanol–water partition coefficient (Wildman–Crippen LogP) is 32.4. The second-order valence-corrected chi connectivity index (χ2v) is 50.8. The molecular weight excluding hydrogens is 1970 g/mol. The van der Waals surface area contributed by atoms with Crippen molar-refractivity contribution in [3.63, 3.8) is 0 Å². The zero-order valence-corrected chi connectivity index (χ0v) is 87.2. The molecule has 27 heteroatoms. The number of fused-ring (bicyclic) bond motifs is 1. The van der Waals surface area contributed by atoms with E-state index in [-0.39, 0.29) is 74.7 Å². The second-order valence-electron chi connectivity index (χ2n) is 39.5. The first kappa shape index (κ1) is 114. The number of hydrogen-bond acceptors (Lipinski definition) is 9. The van der Waals surface area contributed by atoms with Crippen LogP contribution in [-0.4, -0.2) is 98.3 Å². The summed E-state index contributed by atoms with van der Waals surface area (Å²) in [5, 5.41) is 2.70. The fourth-order valence-electron chi connectivity index (χ4n) is 22.1. The third-order valence-corrected chi connectivity index (χ3v) is 38.7. The van der Waals surface area contributed by atoms with Gasteiger partial charge in [-0.2, -0.15) is 26.3 Å². The molecule has 9 aliphatic carbocycles. The summed E-state index contributed by atoms with van der Waals surface area (Å²) in [6.07, 6.45) is 11.1. The molecule has 144 heavy (non-hydrogen) atoms. The Labute approximate surface area is 856 Å². The molecule has 0 amide bonds. The molecule has 0 atom stereocenters. The molecule has 21 rings (SSSR count). The van der Waals surface area contributed by atoms with E-state index in [0.29, 0.717) is 35.1 Å². The Morgan fingerprint density at radius 1 is 0.375 bits per heavy atom. The number of unbranched alkanes of at least 4 members (excludes halogenated alkanes) is 2. The van der Waals surface area contributed by atoms with Crippen molar-refractivity contribution < 1.29 is 92.9 Å². The number of hydrogen-bond donors (Lipinski definition) is 0. The molecule has 0 aromatic heterocycles. The van der Waals surface area contributed by atoms with E-state index in [9.17, 15) is 83.4 Å². The van der Waals surface area contributed by atoms with Crippen LogP contribution in [0.4, 0.5) is 52.7 Å². The highest BCUT2D eigenvalue weighted by atomic mass is 32.2. The van der Waals surface area contributed by atoms with Gasteiger partial charge < -0.3 is 18.6 Å². The summed E-state index contributed by atoms with van der Waals surface area (Å²) in [4.78, 5) is 26.5. The van der Waals surface area contributed by atoms with Crippen LogP contribution in [0.15, 0.2) is 352 Å². The smallest absolute Gasteiger partial charge is 0.394 e. The van der Waals surface area contributed by atoms with Crippen LogP contribution in [0.1, 0.15) is 218 Å². The van der Waals surface area contributed by atoms with Gasteiger partial charge in [0.1, 0.15) is 46.0 Å². The molecular formula is C117H136F12O9S6+2. The minimum absolute atomic E-state index is 0.0106. The molecule has 1 aliphatic heterocycles. The zero-order chi connectivity index (χ0) is 103. The quantitative estimate of drug-likeness (QED) is 0.0141. The Kier molecular flexibility index (Phi) is 42.8. The standard InChI is InChI=1S/C24H25S.C18H23OS.2C18H15S.C17H26F2O5S.C12H20O3S.2C5H7F5/c1-4-10-20(11-5-1)21-16-18-24(19-17-21)25(22-12-6-2-7-13-22)23-14-8-3-9-15-23;1-2-3-12-19-17-10-11-18(20-13-6-7-14-20)16-9-5-4-8-15(16)17;2*1-4-10-16(11-5-1)19(17-12-6-2-7-13-17)18-14-8-3-9-15-18;18-17(19,11-25(21,22)23)3-1-2-4-24-15(20)16-8-12-5-13(9-16)7-14(6-12)10-16;13-16(14,15)2-1-12-6-9-3-10(7-12)5-11(4-9)8-12;2*1-2-4(6,7)3-5(8,9)10/h2-3,6-9,12-20H,1,4-5,10-11H2;4-5,8-11H,2-3,6-7,12-14H2,1H3;2*1-15H;12-14H,1-11H2,(H,21,22,23);9-11H,1-8H2,(H,13,14,15);2*2-3H2,1H3/q4*+1;;;;/p-2. The molecule has 8 bridgehead atoms. The van der Waals surface area contributed by atoms with Crippen molar-refractivity contribution in [3.8, 4) is 5.75 Å². The highest BCUT2D eigenvalue weighted by Crippen LogP contribution is 2.63. The fourth-order valence-corrected chi connectivity index (χ4v) is 32.2. The van der Waals surface area contributed by atoms with Crippen LogP contribution >= 0.6 is 0 Å². The minimum Gasteiger partial charge on any atom is -0.748 e. The third-order valence-electron chi connectivity index (χ3n) is 28.0. The van der Waals surface area contributed by atoms with E-state index < -0.39 is 88.2 Å². The largest absolute Gasteiger partial charge is 0.748 e. The van der Waals surface area contributed by atoms with Gasteiger partial charge in [-0.05, 0) is 308 Å². The normalized spacial score (nSPS) is 20.7. The Bertz CT molecular complexity index is 5430. The summed E-state index contributed by atoms with van der Waals surface area (Å²) in [7, 11) is -8.56. The van der Waals surface area contributed by atoms with Gasteiger partial charge in [-0.3, -0.25) is 4.79 Å². The maximum absolute atomic E-state index is 13.3. The van der Waals surface area contributed by atoms with Crippen LogP contribution in [0.2, 0.25) is 0 Å². The van der Waals surface area contributed by atoms with Gasteiger partial charge in [-0.1, -0.05) is 222 Å². The SMILES string of the molecule is CCC(F)(F)CC(F)(F)F.CCC(F)(F)CC(F)(F)F.CCCCOc1ccc([S+]2CCCC2)c2ccccc12.O=C(OCCCCC(F)(F)CS(=O)(=O)[O-])C12CC3CC(CC(C3)C1)C2.O=S(=O)([O-])CCC12CC3CC(CC(C3)C1)C2.c1ccc([S+](c2ccccc2)c2ccc(C3CCCCC3)cc2)cc1.c1ccc([S+](c2ccccc2)c2ccccc2)cc1.c1ccc([S+](c2ccccc2)c2ccccc2)cc1. The van der Waals surface area contributed by atoms with Crippen LogP contribution in [0.3, 0.4) is 0 Å². The van der Waals surface area contributed by atoms with E-state index in [0.717, 1.165) is 75.6 Å². The molecule has 9 nitrogen and oxygen atoms in total. The van der Waals surface area contributed by atoms with Crippen molar-refractivity contribution in [1.82, 2.24) is 0 Å². The molecule has 11 aromatic carbocycles. The van der Waals surface area contributed by atoms with Crippen LogP contribution in [0.5, 0.6) is 5.75 Å². The lowest BCUT2D eigenvalue weighted by Gasteiger charge is -2.57. The van der Waals surface area contributed by atoms with Crippen LogP contribution in [0, 0.1) is 46.3 Å². The molecule has 1 heterocycles. The molecule has 11 aromatic rings. The molecule has 0 radical (unpaired) electrons. The van der Waals surface area contributed by atoms with E-state index in [1.807, 2.05) is 0 Å². The molecule has 0 N–H and O–H groups in total. The number of halogens is 12. The van der Waals surface area contributed by atoms with E-state index in [1.165, 1.54) is 181 Å². The number of carbonyl (C=O) groups is 1. The molecule has 10 aliphatic rings. The summed E-state index contributed by atoms with van der Waals surface area (Å²) in [5.74, 6) is -3.74. The van der Waals surface area contributed by atoms with E-state index in [4.69, 9.17) is 9.47 Å². The molecule has 10 fully saturated rings. The summed E-state index contributed by atoms with van der Waals surface area (Å²) in [5.41, 5.74) is 1.41. The highest BCUT2D eigenvalue weighted by molar-refractivity contribution is 7.98. The molecule has 9 saturated carbocycles. The van der Waals surface area contributed by atoms with Gasteiger partial charge in [0.05, 0.1) is 61.4 Å². The number of ether oxygens (including phenoxy) is 2. The topological polar surface area (TPSA) is 150 Å². The van der Waals surface area contributed by atoms with Crippen LogP contribution in [-0.2, 0) is 73.3 Å². The first-order valence-electron chi connectivity index (χ1n) is 50.6. The van der Waals surface area contributed by atoms with Crippen molar-refractivity contribution in [2.45, 2.75) is 292 Å². The Balaban J connectivity index is 0.000000149. The lowest BCUT2D eigenvalue weighted by molar-refractivity contribution is -0.189. The molecule has 0 unspecified atom stereocenters. The van der Waals surface area contributed by atoms with Gasteiger partial charge >= 0.3 is 18.3 Å². The predicted molar refractivity (Wildman–Crippen MR) is 556 cm³/mol. The van der Waals surface area contributed by atoms with Gasteiger partial charge in [-0.15, -0.1) is 0 Å². The summed E-state index contributed by atoms with van der Waals surface area (Å²) in [6.45, 7) is 5.13. The lowest BCUT2D eigenvalue weighted by Crippen LogP contribution is -2.50. The van der Waals surface area contributed by atoms with E-state index >= 15 is 0 Å². The van der Waals surface area contributed by atoms with E-state index in [2.05, 4.69) is 310 Å². The van der Waals surface area contributed by atoms with Gasteiger partial charge in [-0.25, -0.2) is 43.2 Å². The molecule has 1 saturated heterocycles. The van der Waals surface area contributed by atoms with Gasteiger partial charge in [0.2, 0.25) is 0 Å². The van der Waals surface area contributed by atoms with Crippen molar-refractivity contribution >= 4 is 80.6 Å². The van der Waals surface area contributed by atoms with Gasteiger partial charge in [0, 0.05) is 46.7 Å². The number of carbonyl (C=O) groups excluding carboxylic acids is 1. The summed E-state index contributed by atoms with van der Waals surface area (Å²) < 4.78 is 217. The Hall–Kier alpha value is -8.67.